The molecule has 0 aliphatic carbocycles. The average molecular weight is 1380 g/mol. The lowest BCUT2D eigenvalue weighted by molar-refractivity contribution is -0.140. The van der Waals surface area contributed by atoms with E-state index >= 15 is 0 Å². The van der Waals surface area contributed by atoms with Gasteiger partial charge < -0.3 is 80.8 Å². The van der Waals surface area contributed by atoms with Gasteiger partial charge in [0.15, 0.2) is 11.7 Å². The maximum atomic E-state index is 13.6. The van der Waals surface area contributed by atoms with Gasteiger partial charge in [-0.3, -0.25) is 62.8 Å². The number of amides is 5. The summed E-state index contributed by atoms with van der Waals surface area (Å²) in [5.41, 5.74) is -0.0164. The third-order valence-corrected chi connectivity index (χ3v) is 16.7. The Morgan fingerprint density at radius 3 is 1.74 bits per heavy atom. The Kier molecular flexibility index (Phi) is 33.4. The van der Waals surface area contributed by atoms with Gasteiger partial charge in [-0.25, -0.2) is 9.78 Å². The molecule has 1 aliphatic heterocycles. The number of benzene rings is 2. The zero-order valence-electron chi connectivity index (χ0n) is 55.1. The van der Waals surface area contributed by atoms with E-state index in [1.54, 1.807) is 61.8 Å². The molecule has 0 bridgehead atoms. The number of H-pyrrole nitrogens is 1. The molecule has 3 heterocycles. The number of pyridine rings is 1. The number of carboxylic acid groups (broad SMARTS) is 4. The molecule has 2 aromatic heterocycles. The standard InChI is InChI=1S/C62H90N14O20S/c1-42-32-45(33-43(2)58(42)97(91,92)71-49(61(89)90)36-68-59(87)47-37-72(4)50-34-44(9-10-46(50)57(47)86)35-69-62-66-15-16-67-62)96-27-5-8-52(78)64-13-6-25-93-28-30-95-31-29-94-26-7-14-65-60(88)48(11-12-51(77)63-3)70-53(79)38-73-17-19-74(39-54(80)81)21-23-76(41-56(84)85)24-22-75(20-18-73)40-55(82)83/h9-10,15-16,32-34,37,48H,5-8,11-14,17-31,35-36,38-41H2,1-4H3,(H,63,77)(H,64,78)(H,65,88)(H,68,87)(H,70,79)(H,80,81)(H,82,83)(H,84,85)(H,89,90)(H2,66,67,69)/t48-/m1/s1. The molecule has 5 rings (SSSR count). The molecule has 34 nitrogen and oxygen atoms in total. The van der Waals surface area contributed by atoms with Crippen LogP contribution < -0.4 is 42.1 Å². The Morgan fingerprint density at radius 1 is 0.670 bits per heavy atom. The van der Waals surface area contributed by atoms with Crippen LogP contribution in [0.2, 0.25) is 0 Å². The molecule has 97 heavy (non-hydrogen) atoms. The number of hydrogen-bond donors (Lipinski definition) is 11. The van der Waals surface area contributed by atoms with E-state index in [9.17, 15) is 76.8 Å². The summed E-state index contributed by atoms with van der Waals surface area (Å²) in [6.07, 6.45) is 5.95. The van der Waals surface area contributed by atoms with Crippen LogP contribution in [0.15, 0.2) is 63.0 Å². The number of nitrogens with zero attached hydrogens (tertiary/aromatic N) is 7. The normalized spacial score (nSPS) is 14.3. The van der Waals surface area contributed by atoms with Crippen LogP contribution in [-0.2, 0) is 76.2 Å². The second kappa shape index (κ2) is 41.2. The monoisotopic (exact) mass is 1380 g/mol. The molecule has 11 N–H and O–H groups in total. The summed E-state index contributed by atoms with van der Waals surface area (Å²) in [5, 5.41) is 54.9. The number of carboxylic acids is 4. The number of anilines is 1. The smallest absolute Gasteiger partial charge is 0.353 e. The van der Waals surface area contributed by atoms with Crippen molar-refractivity contribution in [3.63, 3.8) is 0 Å². The molecule has 534 valence electrons. The Balaban J connectivity index is 0.930. The van der Waals surface area contributed by atoms with Crippen molar-refractivity contribution in [3.05, 3.63) is 81.4 Å². The molecule has 5 amide bonds. The lowest BCUT2D eigenvalue weighted by atomic mass is 10.1. The van der Waals surface area contributed by atoms with Gasteiger partial charge in [0.1, 0.15) is 17.4 Å². The first-order valence-corrected chi connectivity index (χ1v) is 33.0. The summed E-state index contributed by atoms with van der Waals surface area (Å²) in [6, 6.07) is 6.89. The van der Waals surface area contributed by atoms with Gasteiger partial charge in [-0.05, 0) is 80.5 Å². The van der Waals surface area contributed by atoms with Crippen LogP contribution in [0.25, 0.3) is 10.9 Å². The molecule has 0 spiro atoms. The number of aryl methyl sites for hydroxylation is 3. The number of carbonyl (C=O) groups is 9. The minimum atomic E-state index is -4.64. The number of imidazole rings is 1. The van der Waals surface area contributed by atoms with E-state index < -0.39 is 75.3 Å². The van der Waals surface area contributed by atoms with Gasteiger partial charge in [0.2, 0.25) is 29.1 Å². The topological polar surface area (TPSA) is 454 Å². The fraction of sp³-hybridized carbons (Fsp3) is 0.548. The number of ether oxygens (including phenoxy) is 4. The van der Waals surface area contributed by atoms with Gasteiger partial charge >= 0.3 is 23.9 Å². The fourth-order valence-electron chi connectivity index (χ4n) is 10.2. The quantitative estimate of drug-likeness (QED) is 0.0184. The Bertz CT molecular complexity index is 3460. The van der Waals surface area contributed by atoms with Crippen molar-refractivity contribution in [2.75, 3.05) is 157 Å². The van der Waals surface area contributed by atoms with Crippen LogP contribution in [0, 0.1) is 13.8 Å². The molecule has 2 aromatic carbocycles. The first kappa shape index (κ1) is 78.7. The fourth-order valence-corrected chi connectivity index (χ4v) is 11.7. The summed E-state index contributed by atoms with van der Waals surface area (Å²) >= 11 is 0. The van der Waals surface area contributed by atoms with Crippen molar-refractivity contribution < 1.29 is 90.9 Å². The second-order valence-corrected chi connectivity index (χ2v) is 24.3. The van der Waals surface area contributed by atoms with Gasteiger partial charge in [-0.2, -0.15) is 12.8 Å². The maximum Gasteiger partial charge on any atom is 0.353 e. The van der Waals surface area contributed by atoms with Crippen LogP contribution in [-0.4, -0.2) is 280 Å². The summed E-state index contributed by atoms with van der Waals surface area (Å²) in [6.45, 7) is 5.42. The van der Waals surface area contributed by atoms with Gasteiger partial charge in [0.25, 0.3) is 15.9 Å². The van der Waals surface area contributed by atoms with Gasteiger partial charge in [-0.15, -0.1) is 0 Å². The number of carbonyl (C=O) groups excluding carboxylic acids is 5. The zero-order chi connectivity index (χ0) is 70.9. The molecule has 1 aliphatic rings. The van der Waals surface area contributed by atoms with E-state index in [1.807, 2.05) is 0 Å². The lowest BCUT2D eigenvalue weighted by Gasteiger charge is -2.33. The van der Waals surface area contributed by atoms with Gasteiger partial charge in [0, 0.05) is 136 Å². The van der Waals surface area contributed by atoms with Crippen molar-refractivity contribution in [1.29, 1.82) is 0 Å². The molecule has 0 radical (unpaired) electrons. The average Bonchev–Trinajstić information content (AvgIpc) is 1.15. The third kappa shape index (κ3) is 28.7. The first-order valence-electron chi connectivity index (χ1n) is 31.6. The van der Waals surface area contributed by atoms with E-state index in [0.29, 0.717) is 69.4 Å². The van der Waals surface area contributed by atoms with Crippen LogP contribution in [0.1, 0.15) is 65.6 Å². The van der Waals surface area contributed by atoms with Crippen molar-refractivity contribution >= 4 is 86.0 Å². The zero-order valence-corrected chi connectivity index (χ0v) is 55.9. The predicted molar refractivity (Wildman–Crippen MR) is 352 cm³/mol. The summed E-state index contributed by atoms with van der Waals surface area (Å²) in [7, 11) is -1.55. The van der Waals surface area contributed by atoms with E-state index in [-0.39, 0.29) is 170 Å². The van der Waals surface area contributed by atoms with Crippen LogP contribution in [0.3, 0.4) is 0 Å². The molecule has 0 saturated carbocycles. The highest BCUT2D eigenvalue weighted by Crippen LogP contribution is 2.28. The predicted octanol–water partition coefficient (Wildman–Crippen LogP) is -1.16. The SMILES string of the molecule is CNC(=O)CC[C@@H](NC(=O)CN1CCN(CC(=O)O)CCN(CC(=O)O)CCN(CC(=O)O)CC1)C(=O)NCCCOCCOCCOCCCNC(=O)CCCOc1cc(C)c(S(=O)(=O)N=C(CNC(=O)c2cn(C)c3cc(CNc4ncc[nH]4)ccc3c2=O)C(=O)O)c(C)c1. The van der Waals surface area contributed by atoms with Gasteiger partial charge in [-0.1, -0.05) is 6.07 Å². The number of aliphatic carboxylic acids is 4. The number of sulfonamides is 1. The largest absolute Gasteiger partial charge is 0.494 e. The molecule has 1 fully saturated rings. The van der Waals surface area contributed by atoms with Crippen LogP contribution in [0.4, 0.5) is 5.95 Å². The minimum absolute atomic E-state index is 0.00888. The number of aromatic amines is 1. The highest BCUT2D eigenvalue weighted by atomic mass is 32.2. The van der Waals surface area contributed by atoms with Gasteiger partial charge in [0.05, 0.1) is 76.2 Å². The number of hydrogen-bond acceptors (Lipinski definition) is 22. The molecular formula is C62H90N14O20S. The molecule has 4 aromatic rings. The van der Waals surface area contributed by atoms with E-state index in [2.05, 4.69) is 46.3 Å². The summed E-state index contributed by atoms with van der Waals surface area (Å²) < 4.78 is 54.9. The second-order valence-electron chi connectivity index (χ2n) is 22.8. The molecule has 0 unspecified atom stereocenters. The van der Waals surface area contributed by atoms with E-state index in [0.717, 1.165) is 5.56 Å². The highest BCUT2D eigenvalue weighted by Gasteiger charge is 2.27. The van der Waals surface area contributed by atoms with Crippen LogP contribution >= 0.6 is 0 Å². The van der Waals surface area contributed by atoms with Crippen molar-refractivity contribution in [2.24, 2.45) is 11.4 Å². The Labute approximate surface area is 560 Å². The molecular weight excluding hydrogens is 1290 g/mol. The number of aromatic nitrogens is 3. The van der Waals surface area contributed by atoms with Crippen molar-refractivity contribution in [3.8, 4) is 5.75 Å². The number of fused-ring (bicyclic) bond motifs is 1. The first-order chi connectivity index (χ1) is 46.3. The maximum absolute atomic E-state index is 13.6. The van der Waals surface area contributed by atoms with E-state index in [4.69, 9.17) is 18.9 Å². The van der Waals surface area contributed by atoms with Crippen molar-refractivity contribution in [1.82, 2.24) is 60.7 Å². The van der Waals surface area contributed by atoms with Crippen molar-refractivity contribution in [2.45, 2.75) is 69.9 Å². The summed E-state index contributed by atoms with van der Waals surface area (Å²) in [5.74, 6) is -6.64. The number of rotatable bonds is 41. The Morgan fingerprint density at radius 2 is 1.22 bits per heavy atom. The molecule has 35 heteroatoms. The molecule has 1 saturated heterocycles. The van der Waals surface area contributed by atoms with Crippen LogP contribution in [0.5, 0.6) is 5.75 Å². The molecule has 1 atom stereocenters. The highest BCUT2D eigenvalue weighted by molar-refractivity contribution is 7.90. The third-order valence-electron chi connectivity index (χ3n) is 15.1. The summed E-state index contributed by atoms with van der Waals surface area (Å²) in [4.78, 5) is 139. The lowest BCUT2D eigenvalue weighted by Crippen LogP contribution is -2.52. The number of nitrogens with one attached hydrogen (secondary N) is 7. The Hall–Kier alpha value is -8.97. The minimum Gasteiger partial charge on any atom is -0.494 e. The van der Waals surface area contributed by atoms with E-state index in [1.165, 1.54) is 39.2 Å².